The van der Waals surface area contributed by atoms with E-state index in [-0.39, 0.29) is 0 Å². The van der Waals surface area contributed by atoms with Gasteiger partial charge in [-0.2, -0.15) is 0 Å². The summed E-state index contributed by atoms with van der Waals surface area (Å²) in [5.41, 5.74) is 0. The van der Waals surface area contributed by atoms with Gasteiger partial charge in [0.15, 0.2) is 0 Å². The van der Waals surface area contributed by atoms with Gasteiger partial charge in [-0.25, -0.2) is 0 Å². The van der Waals surface area contributed by atoms with Crippen LogP contribution in [0.15, 0.2) is 13.2 Å². The first kappa shape index (κ1) is 13.3. The SMILES string of the molecule is C=C.CC.CN1CCCCC1. The van der Waals surface area contributed by atoms with E-state index in [1.807, 2.05) is 13.8 Å². The highest BCUT2D eigenvalue weighted by Crippen LogP contribution is 2.04. The first-order valence-corrected chi connectivity index (χ1v) is 4.58. The third-order valence-corrected chi connectivity index (χ3v) is 1.58. The standard InChI is InChI=1S/C6H13N.C2H6.C2H4/c1-7-5-3-2-4-6-7;2*1-2/h2-6H2,1H3;1-2H3;1-2H2. The lowest BCUT2D eigenvalue weighted by atomic mass is 10.1. The minimum Gasteiger partial charge on any atom is -0.306 e. The van der Waals surface area contributed by atoms with Crippen LogP contribution in [0.25, 0.3) is 0 Å². The maximum atomic E-state index is 3.00. The number of hydrogen-bond donors (Lipinski definition) is 0. The van der Waals surface area contributed by atoms with Gasteiger partial charge in [-0.05, 0) is 33.0 Å². The van der Waals surface area contributed by atoms with Crippen LogP contribution in [-0.2, 0) is 0 Å². The van der Waals surface area contributed by atoms with Gasteiger partial charge in [0.05, 0.1) is 0 Å². The van der Waals surface area contributed by atoms with Crippen LogP contribution >= 0.6 is 0 Å². The smallest absolute Gasteiger partial charge is 0.00218 e. The fourth-order valence-corrected chi connectivity index (χ4v) is 1.05. The van der Waals surface area contributed by atoms with Crippen molar-refractivity contribution in [2.45, 2.75) is 33.1 Å². The summed E-state index contributed by atoms with van der Waals surface area (Å²) in [6, 6.07) is 0. The van der Waals surface area contributed by atoms with Gasteiger partial charge in [-0.3, -0.25) is 0 Å². The molecule has 0 atom stereocenters. The molecule has 1 rings (SSSR count). The van der Waals surface area contributed by atoms with Gasteiger partial charge in [0.2, 0.25) is 0 Å². The molecule has 0 aromatic carbocycles. The molecule has 0 N–H and O–H groups in total. The molecule has 1 nitrogen and oxygen atoms in total. The molecule has 1 heteroatoms. The van der Waals surface area contributed by atoms with Crippen LogP contribution in [0, 0.1) is 0 Å². The molecule has 68 valence electrons. The van der Waals surface area contributed by atoms with Gasteiger partial charge in [-0.15, -0.1) is 13.2 Å². The van der Waals surface area contributed by atoms with Crippen LogP contribution in [0.5, 0.6) is 0 Å². The molecule has 0 aromatic heterocycles. The van der Waals surface area contributed by atoms with Crippen molar-refractivity contribution < 1.29 is 0 Å². The van der Waals surface area contributed by atoms with E-state index in [2.05, 4.69) is 25.1 Å². The largest absolute Gasteiger partial charge is 0.306 e. The Morgan fingerprint density at radius 3 is 1.45 bits per heavy atom. The number of hydrogen-bond acceptors (Lipinski definition) is 1. The normalized spacial score (nSPS) is 17.0. The quantitative estimate of drug-likeness (QED) is 0.489. The lowest BCUT2D eigenvalue weighted by Gasteiger charge is -2.20. The summed E-state index contributed by atoms with van der Waals surface area (Å²) in [6.07, 6.45) is 4.28. The highest BCUT2D eigenvalue weighted by atomic mass is 15.1. The molecule has 1 aliphatic rings. The van der Waals surface area contributed by atoms with E-state index in [0.717, 1.165) is 0 Å². The summed E-state index contributed by atoms with van der Waals surface area (Å²) in [5.74, 6) is 0. The Morgan fingerprint density at radius 2 is 1.27 bits per heavy atom. The Hall–Kier alpha value is -0.300. The minimum atomic E-state index is 1.32. The molecule has 0 spiro atoms. The van der Waals surface area contributed by atoms with Crippen LogP contribution in [0.1, 0.15) is 33.1 Å². The molecular weight excluding hydrogens is 134 g/mol. The maximum absolute atomic E-state index is 3.00. The Kier molecular flexibility index (Phi) is 15.0. The predicted molar refractivity (Wildman–Crippen MR) is 54.0 cm³/mol. The topological polar surface area (TPSA) is 3.24 Å². The van der Waals surface area contributed by atoms with Crippen LogP contribution in [0.4, 0.5) is 0 Å². The van der Waals surface area contributed by atoms with E-state index in [1.165, 1.54) is 32.4 Å². The van der Waals surface area contributed by atoms with Crippen LogP contribution in [0.2, 0.25) is 0 Å². The molecule has 11 heavy (non-hydrogen) atoms. The van der Waals surface area contributed by atoms with E-state index in [4.69, 9.17) is 0 Å². The van der Waals surface area contributed by atoms with Crippen LogP contribution < -0.4 is 0 Å². The van der Waals surface area contributed by atoms with Crippen molar-refractivity contribution in [3.05, 3.63) is 13.2 Å². The Bertz CT molecular complexity index is 55.9. The van der Waals surface area contributed by atoms with Crippen LogP contribution in [0.3, 0.4) is 0 Å². The molecule has 1 saturated heterocycles. The first-order valence-electron chi connectivity index (χ1n) is 4.58. The Morgan fingerprint density at radius 1 is 0.909 bits per heavy atom. The van der Waals surface area contributed by atoms with Crippen LogP contribution in [-0.4, -0.2) is 25.0 Å². The van der Waals surface area contributed by atoms with Crippen molar-refractivity contribution >= 4 is 0 Å². The zero-order valence-corrected chi connectivity index (χ0v) is 8.40. The number of nitrogens with zero attached hydrogens (tertiary/aromatic N) is 1. The van der Waals surface area contributed by atoms with Gasteiger partial charge in [0.25, 0.3) is 0 Å². The van der Waals surface area contributed by atoms with Gasteiger partial charge < -0.3 is 4.90 Å². The van der Waals surface area contributed by atoms with Crippen molar-refractivity contribution in [2.75, 3.05) is 20.1 Å². The molecule has 0 saturated carbocycles. The van der Waals surface area contributed by atoms with Crippen molar-refractivity contribution in [3.8, 4) is 0 Å². The molecule has 1 aliphatic heterocycles. The second-order valence-corrected chi connectivity index (χ2v) is 2.36. The summed E-state index contributed by atoms with van der Waals surface area (Å²) in [6.45, 7) is 12.6. The second-order valence-electron chi connectivity index (χ2n) is 2.36. The highest BCUT2D eigenvalue weighted by Gasteiger charge is 2.02. The molecule has 0 amide bonds. The first-order chi connectivity index (χ1) is 5.39. The molecule has 0 unspecified atom stereocenters. The molecule has 0 bridgehead atoms. The zero-order chi connectivity index (χ0) is 9.11. The molecule has 0 aromatic rings. The zero-order valence-electron chi connectivity index (χ0n) is 8.40. The van der Waals surface area contributed by atoms with Gasteiger partial charge in [-0.1, -0.05) is 20.3 Å². The van der Waals surface area contributed by atoms with Crippen molar-refractivity contribution in [2.24, 2.45) is 0 Å². The lowest BCUT2D eigenvalue weighted by molar-refractivity contribution is 0.277. The number of likely N-dealkylation sites (tertiary alicyclic amines) is 1. The van der Waals surface area contributed by atoms with Gasteiger partial charge in [0.1, 0.15) is 0 Å². The van der Waals surface area contributed by atoms with Crippen molar-refractivity contribution in [1.29, 1.82) is 0 Å². The highest BCUT2D eigenvalue weighted by molar-refractivity contribution is 4.58. The molecule has 1 fully saturated rings. The number of rotatable bonds is 0. The average molecular weight is 157 g/mol. The molecular formula is C10H23N. The second kappa shape index (κ2) is 12.4. The predicted octanol–water partition coefficient (Wildman–Crippen LogP) is 2.93. The van der Waals surface area contributed by atoms with Gasteiger partial charge in [0, 0.05) is 0 Å². The average Bonchev–Trinajstić information content (AvgIpc) is 2.13. The van der Waals surface area contributed by atoms with E-state index in [1.54, 1.807) is 0 Å². The van der Waals surface area contributed by atoms with E-state index in [0.29, 0.717) is 0 Å². The van der Waals surface area contributed by atoms with E-state index < -0.39 is 0 Å². The minimum absolute atomic E-state index is 1.32. The molecule has 0 aliphatic carbocycles. The van der Waals surface area contributed by atoms with Crippen molar-refractivity contribution in [3.63, 3.8) is 0 Å². The summed E-state index contributed by atoms with van der Waals surface area (Å²) in [7, 11) is 2.19. The summed E-state index contributed by atoms with van der Waals surface area (Å²) in [4.78, 5) is 2.39. The van der Waals surface area contributed by atoms with Gasteiger partial charge >= 0.3 is 0 Å². The third kappa shape index (κ3) is 9.70. The molecule has 1 heterocycles. The summed E-state index contributed by atoms with van der Waals surface area (Å²) in [5, 5.41) is 0. The Balaban J connectivity index is 0. The summed E-state index contributed by atoms with van der Waals surface area (Å²) < 4.78 is 0. The van der Waals surface area contributed by atoms with E-state index in [9.17, 15) is 0 Å². The summed E-state index contributed by atoms with van der Waals surface area (Å²) >= 11 is 0. The monoisotopic (exact) mass is 157 g/mol. The molecule has 0 radical (unpaired) electrons. The maximum Gasteiger partial charge on any atom is -0.00218 e. The third-order valence-electron chi connectivity index (χ3n) is 1.58. The fraction of sp³-hybridized carbons (Fsp3) is 0.800. The Labute approximate surface area is 72.1 Å². The lowest BCUT2D eigenvalue weighted by Crippen LogP contribution is -2.24. The fourth-order valence-electron chi connectivity index (χ4n) is 1.05. The van der Waals surface area contributed by atoms with Crippen molar-refractivity contribution in [1.82, 2.24) is 4.90 Å². The number of piperidine rings is 1. The van der Waals surface area contributed by atoms with E-state index >= 15 is 0 Å².